The molecule has 1 amide bonds. The van der Waals surface area contributed by atoms with Crippen LogP contribution in [-0.2, 0) is 0 Å². The number of aryl methyl sites for hydroxylation is 1. The summed E-state index contributed by atoms with van der Waals surface area (Å²) in [5.41, 5.74) is 0.643. The Bertz CT molecular complexity index is 836. The van der Waals surface area contributed by atoms with Gasteiger partial charge in [0.15, 0.2) is 0 Å². The van der Waals surface area contributed by atoms with Crippen molar-refractivity contribution >= 4 is 35.0 Å². The van der Waals surface area contributed by atoms with Crippen LogP contribution in [0, 0.1) is 6.92 Å². The van der Waals surface area contributed by atoms with Crippen LogP contribution in [0.1, 0.15) is 29.8 Å². The largest absolute Gasteiger partial charge is 0.496 e. The number of carbonyl (C=O) groups is 1. The van der Waals surface area contributed by atoms with Crippen LogP contribution in [-0.4, -0.2) is 47.3 Å². The number of ether oxygens (including phenoxy) is 1. The average Bonchev–Trinajstić information content (AvgIpc) is 2.61. The summed E-state index contributed by atoms with van der Waals surface area (Å²) in [6.07, 6.45) is 1.69. The van der Waals surface area contributed by atoms with Crippen molar-refractivity contribution in [3.63, 3.8) is 0 Å². The number of benzene rings is 1. The summed E-state index contributed by atoms with van der Waals surface area (Å²) < 4.78 is 5.32. The van der Waals surface area contributed by atoms with E-state index in [0.717, 1.165) is 5.56 Å². The highest BCUT2D eigenvalue weighted by Gasteiger charge is 2.19. The van der Waals surface area contributed by atoms with Gasteiger partial charge in [0.1, 0.15) is 11.6 Å². The van der Waals surface area contributed by atoms with E-state index in [1.54, 1.807) is 33.2 Å². The van der Waals surface area contributed by atoms with Crippen LogP contribution < -0.4 is 20.7 Å². The highest BCUT2D eigenvalue weighted by molar-refractivity contribution is 6.33. The number of hydrogen-bond acceptors (Lipinski definition) is 7. The van der Waals surface area contributed by atoms with Crippen molar-refractivity contribution in [3.8, 4) is 5.75 Å². The molecule has 146 valence electrons. The predicted molar refractivity (Wildman–Crippen MR) is 106 cm³/mol. The van der Waals surface area contributed by atoms with Crippen LogP contribution in [0.5, 0.6) is 5.75 Å². The highest BCUT2D eigenvalue weighted by Crippen LogP contribution is 2.32. The monoisotopic (exact) mass is 393 g/mol. The zero-order valence-corrected chi connectivity index (χ0v) is 16.7. The Balaban J connectivity index is 2.28. The van der Waals surface area contributed by atoms with Gasteiger partial charge in [-0.15, -0.1) is 0 Å². The lowest BCUT2D eigenvalue weighted by atomic mass is 10.1. The maximum atomic E-state index is 12.4. The Morgan fingerprint density at radius 2 is 2.07 bits per heavy atom. The highest BCUT2D eigenvalue weighted by atomic mass is 35.5. The molecule has 0 unspecified atom stereocenters. The van der Waals surface area contributed by atoms with Crippen LogP contribution >= 0.6 is 11.6 Å². The molecule has 2 rings (SSSR count). The number of nitrogens with one attached hydrogen (secondary N) is 3. The molecule has 1 aromatic heterocycles. The molecule has 0 bridgehead atoms. The maximum absolute atomic E-state index is 12.4. The minimum Gasteiger partial charge on any atom is -0.496 e. The molecule has 0 radical (unpaired) electrons. The van der Waals surface area contributed by atoms with Crippen molar-refractivity contribution in [2.24, 2.45) is 0 Å². The second-order valence-corrected chi connectivity index (χ2v) is 7.03. The van der Waals surface area contributed by atoms with Gasteiger partial charge < -0.3 is 25.8 Å². The predicted octanol–water partition coefficient (Wildman–Crippen LogP) is 2.73. The molecule has 0 aliphatic carbocycles. The fourth-order valence-corrected chi connectivity index (χ4v) is 2.47. The second kappa shape index (κ2) is 8.41. The van der Waals surface area contributed by atoms with Gasteiger partial charge >= 0.3 is 0 Å². The SMILES string of the molecule is CNc1nc(Nc2cc(OC)c(C(=O)NCC(C)(C)O)cc2Cl)ncc1C. The maximum Gasteiger partial charge on any atom is 0.255 e. The molecule has 0 aliphatic heterocycles. The molecule has 1 heterocycles. The van der Waals surface area contributed by atoms with Crippen molar-refractivity contribution in [1.29, 1.82) is 0 Å². The molecule has 8 nitrogen and oxygen atoms in total. The van der Waals surface area contributed by atoms with Gasteiger partial charge in [0.25, 0.3) is 5.91 Å². The van der Waals surface area contributed by atoms with Crippen molar-refractivity contribution in [1.82, 2.24) is 15.3 Å². The van der Waals surface area contributed by atoms with Crippen molar-refractivity contribution in [3.05, 3.63) is 34.5 Å². The molecule has 0 saturated carbocycles. The topological polar surface area (TPSA) is 108 Å². The second-order valence-electron chi connectivity index (χ2n) is 6.63. The third-order valence-electron chi connectivity index (χ3n) is 3.67. The molecule has 0 aliphatic rings. The summed E-state index contributed by atoms with van der Waals surface area (Å²) in [6, 6.07) is 3.10. The number of aromatic nitrogens is 2. The fraction of sp³-hybridized carbons (Fsp3) is 0.389. The van der Waals surface area contributed by atoms with E-state index in [0.29, 0.717) is 28.2 Å². The molecule has 9 heteroatoms. The normalized spacial score (nSPS) is 11.1. The van der Waals surface area contributed by atoms with E-state index in [4.69, 9.17) is 16.3 Å². The summed E-state index contributed by atoms with van der Waals surface area (Å²) in [4.78, 5) is 21.0. The van der Waals surface area contributed by atoms with Crippen LogP contribution in [0.3, 0.4) is 0 Å². The van der Waals surface area contributed by atoms with E-state index in [9.17, 15) is 9.90 Å². The van der Waals surface area contributed by atoms with E-state index in [1.165, 1.54) is 13.2 Å². The van der Waals surface area contributed by atoms with Gasteiger partial charge in [-0.1, -0.05) is 11.6 Å². The number of amides is 1. The quantitative estimate of drug-likeness (QED) is 0.572. The number of hydrogen-bond donors (Lipinski definition) is 4. The summed E-state index contributed by atoms with van der Waals surface area (Å²) >= 11 is 6.33. The Morgan fingerprint density at radius 1 is 1.37 bits per heavy atom. The molecule has 0 saturated heterocycles. The Kier molecular flexibility index (Phi) is 6.45. The van der Waals surface area contributed by atoms with Crippen molar-refractivity contribution in [2.45, 2.75) is 26.4 Å². The number of aliphatic hydroxyl groups is 1. The summed E-state index contributed by atoms with van der Waals surface area (Å²) in [5, 5.41) is 18.7. The van der Waals surface area contributed by atoms with E-state index >= 15 is 0 Å². The minimum absolute atomic E-state index is 0.0939. The minimum atomic E-state index is -1.03. The van der Waals surface area contributed by atoms with Crippen LogP contribution in [0.4, 0.5) is 17.5 Å². The molecule has 0 atom stereocenters. The lowest BCUT2D eigenvalue weighted by Gasteiger charge is -2.19. The molecular formula is C18H24ClN5O3. The first-order valence-corrected chi connectivity index (χ1v) is 8.69. The van der Waals surface area contributed by atoms with Crippen LogP contribution in [0.15, 0.2) is 18.3 Å². The number of carbonyl (C=O) groups excluding carboxylic acids is 1. The first-order valence-electron chi connectivity index (χ1n) is 8.31. The van der Waals surface area contributed by atoms with E-state index in [2.05, 4.69) is 25.9 Å². The molecule has 4 N–H and O–H groups in total. The summed E-state index contributed by atoms with van der Waals surface area (Å²) in [5.74, 6) is 0.980. The van der Waals surface area contributed by atoms with Gasteiger partial charge in [-0.2, -0.15) is 4.98 Å². The van der Waals surface area contributed by atoms with Crippen molar-refractivity contribution < 1.29 is 14.6 Å². The average molecular weight is 394 g/mol. The Morgan fingerprint density at radius 3 is 2.67 bits per heavy atom. The zero-order chi connectivity index (χ0) is 20.2. The van der Waals surface area contributed by atoms with Gasteiger partial charge in [0.2, 0.25) is 5.95 Å². The molecular weight excluding hydrogens is 370 g/mol. The fourth-order valence-electron chi connectivity index (χ4n) is 2.26. The Hall–Kier alpha value is -2.58. The van der Waals surface area contributed by atoms with Crippen LogP contribution in [0.25, 0.3) is 0 Å². The molecule has 0 fully saturated rings. The number of rotatable bonds is 7. The standard InChI is InChI=1S/C18H24ClN5O3/c1-10-8-21-17(24-15(10)20-4)23-13-7-14(27-5)11(6-12(13)19)16(25)22-9-18(2,3)26/h6-8,26H,9H2,1-5H3,(H,22,25)(H2,20,21,23,24). The molecule has 0 spiro atoms. The van der Waals surface area contributed by atoms with Gasteiger partial charge in [0.05, 0.1) is 29.0 Å². The number of anilines is 3. The molecule has 1 aromatic carbocycles. The van der Waals surface area contributed by atoms with Gasteiger partial charge in [-0.3, -0.25) is 4.79 Å². The van der Waals surface area contributed by atoms with E-state index in [-0.39, 0.29) is 12.1 Å². The van der Waals surface area contributed by atoms with Gasteiger partial charge in [-0.25, -0.2) is 4.98 Å². The first kappa shape index (κ1) is 20.7. The van der Waals surface area contributed by atoms with Crippen LogP contribution in [0.2, 0.25) is 5.02 Å². The van der Waals surface area contributed by atoms with Crippen molar-refractivity contribution in [2.75, 3.05) is 31.3 Å². The van der Waals surface area contributed by atoms with E-state index in [1.807, 2.05) is 6.92 Å². The smallest absolute Gasteiger partial charge is 0.255 e. The summed E-state index contributed by atoms with van der Waals surface area (Å²) in [6.45, 7) is 5.19. The van der Waals surface area contributed by atoms with Gasteiger partial charge in [0, 0.05) is 31.4 Å². The lowest BCUT2D eigenvalue weighted by molar-refractivity contribution is 0.0693. The number of nitrogens with zero attached hydrogens (tertiary/aromatic N) is 2. The Labute approximate surface area is 163 Å². The molecule has 27 heavy (non-hydrogen) atoms. The van der Waals surface area contributed by atoms with Gasteiger partial charge in [-0.05, 0) is 26.8 Å². The summed E-state index contributed by atoms with van der Waals surface area (Å²) in [7, 11) is 3.23. The lowest BCUT2D eigenvalue weighted by Crippen LogP contribution is -2.38. The first-order chi connectivity index (χ1) is 12.6. The molecule has 2 aromatic rings. The zero-order valence-electron chi connectivity index (χ0n) is 16.0. The third kappa shape index (κ3) is 5.45. The number of methoxy groups -OCH3 is 1. The third-order valence-corrected chi connectivity index (χ3v) is 3.98. The number of halogens is 1. The van der Waals surface area contributed by atoms with E-state index < -0.39 is 11.5 Å².